The summed E-state index contributed by atoms with van der Waals surface area (Å²) in [6.07, 6.45) is 2.40. The molecule has 0 saturated heterocycles. The topological polar surface area (TPSA) is 96.3 Å². The summed E-state index contributed by atoms with van der Waals surface area (Å²) < 4.78 is 59.6. The molecule has 0 atom stereocenters. The van der Waals surface area contributed by atoms with Gasteiger partial charge < -0.3 is 4.57 Å². The summed E-state index contributed by atoms with van der Waals surface area (Å²) in [5, 5.41) is 12.3. The number of carbonyl (C=O) groups excluding carboxylic acids is 1. The van der Waals surface area contributed by atoms with E-state index in [0.717, 1.165) is 12.4 Å². The van der Waals surface area contributed by atoms with Crippen molar-refractivity contribution in [3.05, 3.63) is 89.1 Å². The number of fused-ring (bicyclic) bond motifs is 2. The smallest absolute Gasteiger partial charge is 0.335 e. The van der Waals surface area contributed by atoms with Gasteiger partial charge in [-0.15, -0.1) is 4.80 Å². The third-order valence-electron chi connectivity index (χ3n) is 5.98. The van der Waals surface area contributed by atoms with Gasteiger partial charge in [-0.3, -0.25) is 9.78 Å². The molecule has 6 rings (SSSR count). The van der Waals surface area contributed by atoms with E-state index in [-0.39, 0.29) is 43.9 Å². The van der Waals surface area contributed by atoms with Crippen LogP contribution in [-0.2, 0) is 13.2 Å². The lowest BCUT2D eigenvalue weighted by molar-refractivity contribution is -0.143. The predicted octanol–water partition coefficient (Wildman–Crippen LogP) is 4.93. The Balaban J connectivity index is 1.54. The van der Waals surface area contributed by atoms with Crippen LogP contribution in [0.4, 0.5) is 17.6 Å². The molecule has 0 spiro atoms. The van der Waals surface area contributed by atoms with Crippen LogP contribution in [0.2, 0.25) is 5.02 Å². The third kappa shape index (κ3) is 3.62. The Morgan fingerprint density at radius 3 is 2.47 bits per heavy atom. The molecule has 5 aromatic heterocycles. The second kappa shape index (κ2) is 8.45. The molecule has 38 heavy (non-hydrogen) atoms. The molecular formula is C24H13ClF4N8O. The number of benzene rings is 1. The molecule has 9 nitrogen and oxygen atoms in total. The molecule has 0 aliphatic rings. The van der Waals surface area contributed by atoms with E-state index in [1.165, 1.54) is 58.4 Å². The van der Waals surface area contributed by atoms with Crippen LogP contribution in [0.5, 0.6) is 0 Å². The Morgan fingerprint density at radius 1 is 0.974 bits per heavy atom. The summed E-state index contributed by atoms with van der Waals surface area (Å²) in [7, 11) is 1.59. The molecule has 6 aromatic rings. The fourth-order valence-corrected chi connectivity index (χ4v) is 4.56. The van der Waals surface area contributed by atoms with Gasteiger partial charge in [0.05, 0.1) is 41.1 Å². The van der Waals surface area contributed by atoms with Crippen LogP contribution < -0.4 is 0 Å². The van der Waals surface area contributed by atoms with E-state index in [4.69, 9.17) is 11.6 Å². The first-order valence-electron chi connectivity index (χ1n) is 10.9. The van der Waals surface area contributed by atoms with Crippen LogP contribution in [0.3, 0.4) is 0 Å². The number of aromatic nitrogens is 8. The first-order chi connectivity index (χ1) is 18.1. The number of nitrogens with zero attached hydrogens (tertiary/aromatic N) is 8. The second-order valence-corrected chi connectivity index (χ2v) is 8.68. The molecule has 5 heterocycles. The van der Waals surface area contributed by atoms with Crippen molar-refractivity contribution in [3.8, 4) is 11.5 Å². The molecule has 0 aliphatic carbocycles. The zero-order chi connectivity index (χ0) is 26.8. The lowest BCUT2D eigenvalue weighted by Gasteiger charge is -2.14. The van der Waals surface area contributed by atoms with Gasteiger partial charge in [0.15, 0.2) is 17.3 Å². The SMILES string of the molecule is Cn1cc(C(=O)c2cnn(-c3cncc4c(F)cccc34)c2C(F)(F)F)c2cc(Cl)c(-n3nccn3)nc21. The summed E-state index contributed by atoms with van der Waals surface area (Å²) in [5.74, 6) is -1.42. The van der Waals surface area contributed by atoms with Gasteiger partial charge in [0.2, 0.25) is 0 Å². The van der Waals surface area contributed by atoms with Crippen LogP contribution in [0, 0.1) is 5.82 Å². The number of hydrogen-bond donors (Lipinski definition) is 0. The predicted molar refractivity (Wildman–Crippen MR) is 128 cm³/mol. The lowest BCUT2D eigenvalue weighted by atomic mass is 10.0. The molecule has 1 aromatic carbocycles. The van der Waals surface area contributed by atoms with E-state index < -0.39 is 29.0 Å². The third-order valence-corrected chi connectivity index (χ3v) is 6.26. The Hall–Kier alpha value is -4.65. The summed E-state index contributed by atoms with van der Waals surface area (Å²) in [5.41, 5.74) is -1.95. The molecule has 0 bridgehead atoms. The minimum Gasteiger partial charge on any atom is -0.335 e. The van der Waals surface area contributed by atoms with Crippen molar-refractivity contribution in [1.82, 2.24) is 39.3 Å². The van der Waals surface area contributed by atoms with E-state index >= 15 is 0 Å². The van der Waals surface area contributed by atoms with Gasteiger partial charge in [0, 0.05) is 41.2 Å². The van der Waals surface area contributed by atoms with Crippen LogP contribution >= 0.6 is 11.6 Å². The van der Waals surface area contributed by atoms with E-state index in [1.54, 1.807) is 7.05 Å². The number of ketones is 1. The van der Waals surface area contributed by atoms with Gasteiger partial charge in [-0.2, -0.15) is 28.5 Å². The number of aryl methyl sites for hydroxylation is 1. The number of pyridine rings is 2. The quantitative estimate of drug-likeness (QED) is 0.232. The molecule has 0 N–H and O–H groups in total. The van der Waals surface area contributed by atoms with Gasteiger partial charge in [-0.1, -0.05) is 23.7 Å². The summed E-state index contributed by atoms with van der Waals surface area (Å²) in [6.45, 7) is 0. The van der Waals surface area contributed by atoms with Gasteiger partial charge >= 0.3 is 6.18 Å². The highest BCUT2D eigenvalue weighted by Gasteiger charge is 2.41. The van der Waals surface area contributed by atoms with Crippen molar-refractivity contribution in [1.29, 1.82) is 0 Å². The van der Waals surface area contributed by atoms with Gasteiger partial charge in [-0.25, -0.2) is 14.1 Å². The van der Waals surface area contributed by atoms with Crippen molar-refractivity contribution in [2.24, 2.45) is 7.05 Å². The maximum atomic E-state index is 14.4. The Bertz CT molecular complexity index is 1870. The van der Waals surface area contributed by atoms with Crippen molar-refractivity contribution >= 4 is 39.2 Å². The number of halogens is 5. The molecule has 0 fully saturated rings. The largest absolute Gasteiger partial charge is 0.434 e. The van der Waals surface area contributed by atoms with E-state index in [1.807, 2.05) is 0 Å². The average molecular weight is 541 g/mol. The van der Waals surface area contributed by atoms with E-state index in [9.17, 15) is 22.4 Å². The standard InChI is InChI=1S/C24H13ClF4N8O/c1-35-11-16(13-7-17(25)23(34-22(13)35)37-31-5-6-32-37)20(38)15-9-33-36(21(15)24(27,28)29)19-10-30-8-14-12(19)3-2-4-18(14)26/h2-11H,1H3. The van der Waals surface area contributed by atoms with Crippen LogP contribution in [-0.4, -0.2) is 45.1 Å². The summed E-state index contributed by atoms with van der Waals surface area (Å²) in [6, 6.07) is 5.40. The molecular weight excluding hydrogens is 528 g/mol. The van der Waals surface area contributed by atoms with Crippen molar-refractivity contribution < 1.29 is 22.4 Å². The monoisotopic (exact) mass is 540 g/mol. The average Bonchev–Trinajstić information content (AvgIpc) is 3.62. The first-order valence-corrected chi connectivity index (χ1v) is 11.3. The zero-order valence-corrected chi connectivity index (χ0v) is 19.9. The Morgan fingerprint density at radius 2 is 1.74 bits per heavy atom. The highest BCUT2D eigenvalue weighted by atomic mass is 35.5. The normalized spacial score (nSPS) is 12.1. The fraction of sp³-hybridized carbons (Fsp3) is 0.0833. The number of hydrogen-bond acceptors (Lipinski definition) is 6. The number of alkyl halides is 3. The van der Waals surface area contributed by atoms with Gasteiger partial charge in [0.25, 0.3) is 0 Å². The van der Waals surface area contributed by atoms with Crippen molar-refractivity contribution in [2.45, 2.75) is 6.18 Å². The molecule has 0 aliphatic heterocycles. The maximum absolute atomic E-state index is 14.4. The Labute approximate surface area is 214 Å². The number of rotatable bonds is 4. The maximum Gasteiger partial charge on any atom is 0.434 e. The molecule has 0 radical (unpaired) electrons. The molecule has 14 heteroatoms. The van der Waals surface area contributed by atoms with Crippen LogP contribution in [0.25, 0.3) is 33.3 Å². The van der Waals surface area contributed by atoms with Crippen molar-refractivity contribution in [2.75, 3.05) is 0 Å². The van der Waals surface area contributed by atoms with E-state index in [2.05, 4.69) is 25.3 Å². The minimum absolute atomic E-state index is 0.0127. The zero-order valence-electron chi connectivity index (χ0n) is 19.1. The van der Waals surface area contributed by atoms with Crippen LogP contribution in [0.1, 0.15) is 21.6 Å². The fourth-order valence-electron chi connectivity index (χ4n) is 4.33. The minimum atomic E-state index is -4.99. The van der Waals surface area contributed by atoms with Gasteiger partial charge in [-0.05, 0) is 12.1 Å². The summed E-state index contributed by atoms with van der Waals surface area (Å²) >= 11 is 6.36. The lowest BCUT2D eigenvalue weighted by Crippen LogP contribution is -2.18. The van der Waals surface area contributed by atoms with Gasteiger partial charge in [0.1, 0.15) is 11.5 Å². The highest BCUT2D eigenvalue weighted by Crippen LogP contribution is 2.37. The van der Waals surface area contributed by atoms with E-state index in [0.29, 0.717) is 4.68 Å². The molecule has 0 amide bonds. The molecule has 0 saturated carbocycles. The number of carbonyl (C=O) groups is 1. The summed E-state index contributed by atoms with van der Waals surface area (Å²) in [4.78, 5) is 23.1. The molecule has 190 valence electrons. The van der Waals surface area contributed by atoms with Crippen LogP contribution in [0.15, 0.2) is 61.4 Å². The van der Waals surface area contributed by atoms with Crippen molar-refractivity contribution in [3.63, 3.8) is 0 Å². The first kappa shape index (κ1) is 23.7. The highest BCUT2D eigenvalue weighted by molar-refractivity contribution is 6.33. The molecule has 0 unspecified atom stereocenters. The second-order valence-electron chi connectivity index (χ2n) is 8.28. The Kier molecular flexibility index (Phi) is 5.28.